The molecular weight excluding hydrogens is 387 g/mol. The Morgan fingerprint density at radius 2 is 1.83 bits per heavy atom. The first kappa shape index (κ1) is 20.1. The zero-order valence-electron chi connectivity index (χ0n) is 16.0. The molecule has 2 atom stereocenters. The Kier molecular flexibility index (Phi) is 5.50. The molecule has 0 aliphatic carbocycles. The second-order valence-corrected chi connectivity index (χ2v) is 8.14. The van der Waals surface area contributed by atoms with Gasteiger partial charge in [-0.05, 0) is 36.8 Å². The average molecular weight is 411 g/mol. The highest BCUT2D eigenvalue weighted by Crippen LogP contribution is 2.34. The molecule has 2 amide bonds. The highest BCUT2D eigenvalue weighted by Gasteiger charge is 2.38. The summed E-state index contributed by atoms with van der Waals surface area (Å²) in [4.78, 5) is 31.8. The second-order valence-electron chi connectivity index (χ2n) is 8.14. The van der Waals surface area contributed by atoms with Crippen molar-refractivity contribution in [3.63, 3.8) is 0 Å². The topological polar surface area (TPSA) is 62.7 Å². The van der Waals surface area contributed by atoms with E-state index in [0.29, 0.717) is 51.0 Å². The number of rotatable bonds is 1. The van der Waals surface area contributed by atoms with Gasteiger partial charge in [-0.1, -0.05) is 0 Å². The average Bonchev–Trinajstić information content (AvgIpc) is 2.72. The molecular formula is C20H24F3N3O3. The molecule has 0 radical (unpaired) electrons. The fourth-order valence-corrected chi connectivity index (χ4v) is 4.59. The molecule has 0 aromatic carbocycles. The van der Waals surface area contributed by atoms with Crippen LogP contribution < -0.4 is 0 Å². The normalized spacial score (nSPS) is 26.4. The van der Waals surface area contributed by atoms with Gasteiger partial charge in [0, 0.05) is 50.9 Å². The van der Waals surface area contributed by atoms with Crippen molar-refractivity contribution in [3.8, 4) is 0 Å². The quantitative estimate of drug-likeness (QED) is 0.713. The standard InChI is InChI=1S/C20H24F3N3O3/c21-20(22,23)16-7-14(9-24-10-16)13-1-4-25(5-2-13)19(28)26-6-3-18-15(11-26)8-17(27)12-29-18/h7,9-10,13,15,18H,1-6,8,11-12H2/t15-,18+/m1/s1. The van der Waals surface area contributed by atoms with Gasteiger partial charge in [0.15, 0.2) is 5.78 Å². The molecule has 0 unspecified atom stereocenters. The van der Waals surface area contributed by atoms with Crippen LogP contribution in [0.4, 0.5) is 18.0 Å². The number of fused-ring (bicyclic) bond motifs is 1. The predicted molar refractivity (Wildman–Crippen MR) is 97.2 cm³/mol. The van der Waals surface area contributed by atoms with Gasteiger partial charge in [0.25, 0.3) is 0 Å². The number of hydrogen-bond donors (Lipinski definition) is 0. The van der Waals surface area contributed by atoms with Crippen molar-refractivity contribution >= 4 is 11.8 Å². The van der Waals surface area contributed by atoms with Gasteiger partial charge in [0.1, 0.15) is 6.61 Å². The first-order valence-electron chi connectivity index (χ1n) is 10.0. The van der Waals surface area contributed by atoms with E-state index in [1.807, 2.05) is 0 Å². The Morgan fingerprint density at radius 1 is 1.10 bits per heavy atom. The summed E-state index contributed by atoms with van der Waals surface area (Å²) in [5.74, 6) is 0.0997. The predicted octanol–water partition coefficient (Wildman–Crippen LogP) is 3.08. The molecule has 1 aromatic heterocycles. The molecule has 158 valence electrons. The van der Waals surface area contributed by atoms with E-state index >= 15 is 0 Å². The lowest BCUT2D eigenvalue weighted by atomic mass is 9.88. The van der Waals surface area contributed by atoms with Crippen LogP contribution in [-0.4, -0.2) is 65.5 Å². The van der Waals surface area contributed by atoms with E-state index in [9.17, 15) is 22.8 Å². The van der Waals surface area contributed by atoms with Gasteiger partial charge in [-0.25, -0.2) is 4.79 Å². The second kappa shape index (κ2) is 7.93. The molecule has 1 aromatic rings. The SMILES string of the molecule is O=C1CO[C@H]2CCN(C(=O)N3CCC(c4cncc(C(F)(F)F)c4)CC3)C[C@H]2C1. The number of carbonyl (C=O) groups excluding carboxylic acids is 2. The number of urea groups is 1. The molecule has 0 saturated carbocycles. The Labute approximate surface area is 167 Å². The molecule has 3 aliphatic heterocycles. The highest BCUT2D eigenvalue weighted by molar-refractivity contribution is 5.81. The Morgan fingerprint density at radius 3 is 2.55 bits per heavy atom. The number of ketones is 1. The van der Waals surface area contributed by atoms with Crippen molar-refractivity contribution in [2.45, 2.75) is 43.9 Å². The summed E-state index contributed by atoms with van der Waals surface area (Å²) in [6.07, 6.45) is 0.376. The smallest absolute Gasteiger partial charge is 0.370 e. The van der Waals surface area contributed by atoms with E-state index in [1.54, 1.807) is 9.80 Å². The number of Topliss-reactive ketones (excluding diaryl/α,β-unsaturated/α-hetero) is 1. The minimum Gasteiger partial charge on any atom is -0.370 e. The van der Waals surface area contributed by atoms with Crippen LogP contribution in [0.15, 0.2) is 18.5 Å². The van der Waals surface area contributed by atoms with Crippen LogP contribution in [0, 0.1) is 5.92 Å². The summed E-state index contributed by atoms with van der Waals surface area (Å²) in [5.41, 5.74) is -0.161. The lowest BCUT2D eigenvalue weighted by Gasteiger charge is -2.43. The van der Waals surface area contributed by atoms with Crippen LogP contribution in [0.3, 0.4) is 0 Å². The van der Waals surface area contributed by atoms with Crippen LogP contribution in [0.25, 0.3) is 0 Å². The lowest BCUT2D eigenvalue weighted by Crippen LogP contribution is -2.54. The zero-order valence-corrected chi connectivity index (χ0v) is 16.0. The van der Waals surface area contributed by atoms with Crippen LogP contribution in [0.1, 0.15) is 42.7 Å². The van der Waals surface area contributed by atoms with Gasteiger partial charge in [0.2, 0.25) is 0 Å². The van der Waals surface area contributed by atoms with Gasteiger partial charge in [-0.15, -0.1) is 0 Å². The Balaban J connectivity index is 1.34. The van der Waals surface area contributed by atoms with Crippen LogP contribution in [-0.2, 0) is 15.7 Å². The van der Waals surface area contributed by atoms with Crippen molar-refractivity contribution in [1.82, 2.24) is 14.8 Å². The number of halogens is 3. The zero-order chi connectivity index (χ0) is 20.6. The summed E-state index contributed by atoms with van der Waals surface area (Å²) in [7, 11) is 0. The maximum Gasteiger partial charge on any atom is 0.417 e. The summed E-state index contributed by atoms with van der Waals surface area (Å²) in [5, 5.41) is 0. The number of amides is 2. The van der Waals surface area contributed by atoms with E-state index in [4.69, 9.17) is 4.74 Å². The fraction of sp³-hybridized carbons (Fsp3) is 0.650. The summed E-state index contributed by atoms with van der Waals surface area (Å²) in [6, 6.07) is 1.11. The van der Waals surface area contributed by atoms with E-state index in [2.05, 4.69) is 4.98 Å². The Bertz CT molecular complexity index is 778. The third kappa shape index (κ3) is 4.39. The monoisotopic (exact) mass is 411 g/mol. The van der Waals surface area contributed by atoms with E-state index in [1.165, 1.54) is 12.3 Å². The molecule has 4 heterocycles. The number of hydrogen-bond acceptors (Lipinski definition) is 4. The molecule has 0 bridgehead atoms. The van der Waals surface area contributed by atoms with Crippen LogP contribution in [0.2, 0.25) is 0 Å². The number of pyridine rings is 1. The van der Waals surface area contributed by atoms with Crippen LogP contribution in [0.5, 0.6) is 0 Å². The number of carbonyl (C=O) groups is 2. The molecule has 3 fully saturated rings. The van der Waals surface area contributed by atoms with E-state index in [0.717, 1.165) is 12.6 Å². The molecule has 4 rings (SSSR count). The summed E-state index contributed by atoms with van der Waals surface area (Å²) < 4.78 is 44.3. The molecule has 3 saturated heterocycles. The van der Waals surface area contributed by atoms with Crippen molar-refractivity contribution in [1.29, 1.82) is 0 Å². The number of nitrogens with zero attached hydrogens (tertiary/aromatic N) is 3. The maximum absolute atomic E-state index is 12.9. The van der Waals surface area contributed by atoms with Gasteiger partial charge in [-0.3, -0.25) is 9.78 Å². The molecule has 29 heavy (non-hydrogen) atoms. The maximum atomic E-state index is 12.9. The summed E-state index contributed by atoms with van der Waals surface area (Å²) >= 11 is 0. The van der Waals surface area contributed by atoms with Gasteiger partial charge in [-0.2, -0.15) is 13.2 Å². The van der Waals surface area contributed by atoms with Gasteiger partial charge >= 0.3 is 12.2 Å². The molecule has 9 heteroatoms. The lowest BCUT2D eigenvalue weighted by molar-refractivity contribution is -0.140. The van der Waals surface area contributed by atoms with Gasteiger partial charge in [0.05, 0.1) is 11.7 Å². The molecule has 6 nitrogen and oxygen atoms in total. The number of ether oxygens (including phenoxy) is 1. The molecule has 0 N–H and O–H groups in total. The van der Waals surface area contributed by atoms with Crippen molar-refractivity contribution < 1.29 is 27.5 Å². The van der Waals surface area contributed by atoms with Gasteiger partial charge < -0.3 is 14.5 Å². The molecule has 3 aliphatic rings. The largest absolute Gasteiger partial charge is 0.417 e. The summed E-state index contributed by atoms with van der Waals surface area (Å²) in [6.45, 7) is 2.30. The number of likely N-dealkylation sites (tertiary alicyclic amines) is 2. The first-order chi connectivity index (χ1) is 13.8. The Hall–Kier alpha value is -2.16. The third-order valence-electron chi connectivity index (χ3n) is 6.21. The van der Waals surface area contributed by atoms with Crippen LogP contribution >= 0.6 is 0 Å². The van der Waals surface area contributed by atoms with E-state index < -0.39 is 11.7 Å². The molecule has 0 spiro atoms. The minimum absolute atomic E-state index is 0.0380. The number of aromatic nitrogens is 1. The van der Waals surface area contributed by atoms with Crippen molar-refractivity contribution in [2.75, 3.05) is 32.8 Å². The van der Waals surface area contributed by atoms with Crippen molar-refractivity contribution in [2.24, 2.45) is 5.92 Å². The number of piperidine rings is 2. The highest BCUT2D eigenvalue weighted by atomic mass is 19.4. The van der Waals surface area contributed by atoms with E-state index in [-0.39, 0.29) is 36.4 Å². The van der Waals surface area contributed by atoms with Crippen molar-refractivity contribution in [3.05, 3.63) is 29.6 Å². The minimum atomic E-state index is -4.41. The third-order valence-corrected chi connectivity index (χ3v) is 6.21. The number of alkyl halides is 3. The fourth-order valence-electron chi connectivity index (χ4n) is 4.59. The first-order valence-corrected chi connectivity index (χ1v) is 10.0.